The largest absolute Gasteiger partial charge is 0.465 e. The van der Waals surface area contributed by atoms with E-state index >= 15 is 0 Å². The van der Waals surface area contributed by atoms with Crippen LogP contribution in [0.5, 0.6) is 0 Å². The number of nitrogens with two attached hydrogens (primary N) is 1. The van der Waals surface area contributed by atoms with Crippen molar-refractivity contribution in [2.75, 3.05) is 6.61 Å². The van der Waals surface area contributed by atoms with E-state index in [4.69, 9.17) is 10.5 Å². The maximum atomic E-state index is 11.5. The first kappa shape index (κ1) is 10.0. The summed E-state index contributed by atoms with van der Waals surface area (Å²) in [4.78, 5) is 22.6. The molecule has 0 aliphatic heterocycles. The summed E-state index contributed by atoms with van der Waals surface area (Å²) in [5.74, 6) is -1.05. The Balaban J connectivity index is 2.85. The minimum Gasteiger partial charge on any atom is -0.465 e. The van der Waals surface area contributed by atoms with Crippen LogP contribution in [-0.2, 0) is 14.3 Å². The van der Waals surface area contributed by atoms with Gasteiger partial charge in [-0.3, -0.25) is 9.59 Å². The van der Waals surface area contributed by atoms with E-state index in [2.05, 4.69) is 0 Å². The minimum atomic E-state index is -1.07. The minimum absolute atomic E-state index is 0.282. The number of rotatable bonds is 3. The van der Waals surface area contributed by atoms with Crippen molar-refractivity contribution in [1.82, 2.24) is 0 Å². The third kappa shape index (κ3) is 1.20. The van der Waals surface area contributed by atoms with Crippen LogP contribution in [0.15, 0.2) is 0 Å². The van der Waals surface area contributed by atoms with Gasteiger partial charge in [0.1, 0.15) is 0 Å². The number of esters is 1. The summed E-state index contributed by atoms with van der Waals surface area (Å²) in [6.45, 7) is 5.68. The van der Waals surface area contributed by atoms with E-state index in [1.54, 1.807) is 6.92 Å². The highest BCUT2D eigenvalue weighted by Crippen LogP contribution is 2.63. The van der Waals surface area contributed by atoms with Crippen LogP contribution in [0.3, 0.4) is 0 Å². The van der Waals surface area contributed by atoms with Crippen LogP contribution in [0.1, 0.15) is 27.2 Å². The zero-order chi connectivity index (χ0) is 10.3. The quantitative estimate of drug-likeness (QED) is 0.512. The lowest BCUT2D eigenvalue weighted by atomic mass is 9.95. The lowest BCUT2D eigenvalue weighted by Crippen LogP contribution is -2.37. The molecule has 1 fully saturated rings. The molecule has 0 aromatic heterocycles. The van der Waals surface area contributed by atoms with Gasteiger partial charge in [-0.25, -0.2) is 0 Å². The molecule has 0 aromatic rings. The van der Waals surface area contributed by atoms with Gasteiger partial charge < -0.3 is 10.5 Å². The Labute approximate surface area is 77.4 Å². The van der Waals surface area contributed by atoms with Gasteiger partial charge in [0.15, 0.2) is 5.41 Å². The molecule has 1 amide bonds. The Bertz CT molecular complexity index is 260. The van der Waals surface area contributed by atoms with Gasteiger partial charge >= 0.3 is 5.97 Å². The van der Waals surface area contributed by atoms with Gasteiger partial charge in [-0.05, 0) is 18.8 Å². The Kier molecular flexibility index (Phi) is 2.10. The van der Waals surface area contributed by atoms with E-state index in [0.29, 0.717) is 6.42 Å². The van der Waals surface area contributed by atoms with Crippen LogP contribution >= 0.6 is 0 Å². The molecule has 4 nitrogen and oxygen atoms in total. The van der Waals surface area contributed by atoms with E-state index in [0.717, 1.165) is 0 Å². The summed E-state index contributed by atoms with van der Waals surface area (Å²) in [5, 5.41) is 0. The van der Waals surface area contributed by atoms with Crippen molar-refractivity contribution in [2.24, 2.45) is 16.6 Å². The maximum absolute atomic E-state index is 11.5. The standard InChI is InChI=1S/C9H15NO3/c1-4-13-7(12)9(6(10)11)5-8(9,2)3/h4-5H2,1-3H3,(H2,10,11)/t9-/m1/s1. The van der Waals surface area contributed by atoms with Crippen molar-refractivity contribution in [1.29, 1.82) is 0 Å². The molecule has 0 aromatic carbocycles. The summed E-state index contributed by atoms with van der Waals surface area (Å²) < 4.78 is 4.83. The zero-order valence-corrected chi connectivity index (χ0v) is 8.22. The first-order valence-corrected chi connectivity index (χ1v) is 4.35. The molecule has 0 heterocycles. The number of hydrogen-bond acceptors (Lipinski definition) is 3. The molecule has 1 rings (SSSR count). The highest BCUT2D eigenvalue weighted by atomic mass is 16.5. The van der Waals surface area contributed by atoms with Gasteiger partial charge in [-0.15, -0.1) is 0 Å². The number of carbonyl (C=O) groups excluding carboxylic acids is 2. The Hall–Kier alpha value is -1.06. The van der Waals surface area contributed by atoms with Crippen LogP contribution in [0.2, 0.25) is 0 Å². The normalized spacial score (nSPS) is 29.5. The molecule has 1 saturated carbocycles. The van der Waals surface area contributed by atoms with Crippen LogP contribution in [-0.4, -0.2) is 18.5 Å². The molecule has 0 spiro atoms. The van der Waals surface area contributed by atoms with Crippen molar-refractivity contribution in [3.63, 3.8) is 0 Å². The van der Waals surface area contributed by atoms with Gasteiger partial charge in [0.2, 0.25) is 5.91 Å². The highest BCUT2D eigenvalue weighted by Gasteiger charge is 2.71. The molecule has 74 valence electrons. The van der Waals surface area contributed by atoms with Gasteiger partial charge in [-0.1, -0.05) is 13.8 Å². The molecule has 4 heteroatoms. The van der Waals surface area contributed by atoms with Crippen LogP contribution in [0.4, 0.5) is 0 Å². The number of amides is 1. The smallest absolute Gasteiger partial charge is 0.322 e. The molecule has 2 N–H and O–H groups in total. The van der Waals surface area contributed by atoms with E-state index < -0.39 is 17.3 Å². The Morgan fingerprint density at radius 2 is 1.92 bits per heavy atom. The first-order chi connectivity index (χ1) is 5.88. The van der Waals surface area contributed by atoms with Crippen LogP contribution in [0.25, 0.3) is 0 Å². The van der Waals surface area contributed by atoms with Crippen molar-refractivity contribution in [3.05, 3.63) is 0 Å². The molecule has 13 heavy (non-hydrogen) atoms. The molecule has 0 unspecified atom stereocenters. The van der Waals surface area contributed by atoms with Crippen LogP contribution < -0.4 is 5.73 Å². The second kappa shape index (κ2) is 2.72. The predicted molar refractivity (Wildman–Crippen MR) is 46.7 cm³/mol. The van der Waals surface area contributed by atoms with Crippen LogP contribution in [0, 0.1) is 10.8 Å². The predicted octanol–water partition coefficient (Wildman–Crippen LogP) is 0.451. The molecule has 0 bridgehead atoms. The Morgan fingerprint density at radius 1 is 1.46 bits per heavy atom. The fraction of sp³-hybridized carbons (Fsp3) is 0.778. The summed E-state index contributed by atoms with van der Waals surface area (Å²) in [6.07, 6.45) is 0.494. The third-order valence-electron chi connectivity index (χ3n) is 2.78. The topological polar surface area (TPSA) is 69.4 Å². The number of primary amides is 1. The molecule has 0 saturated heterocycles. The lowest BCUT2D eigenvalue weighted by Gasteiger charge is -2.14. The van der Waals surface area contributed by atoms with E-state index in [9.17, 15) is 9.59 Å². The Morgan fingerprint density at radius 3 is 2.15 bits per heavy atom. The SMILES string of the molecule is CCOC(=O)[C@]1(C(N)=O)CC1(C)C. The van der Waals surface area contributed by atoms with Crippen molar-refractivity contribution in [3.8, 4) is 0 Å². The van der Waals surface area contributed by atoms with Gasteiger partial charge in [0, 0.05) is 0 Å². The fourth-order valence-electron chi connectivity index (χ4n) is 1.74. The zero-order valence-electron chi connectivity index (χ0n) is 8.22. The molecular weight excluding hydrogens is 170 g/mol. The lowest BCUT2D eigenvalue weighted by molar-refractivity contribution is -0.155. The van der Waals surface area contributed by atoms with Gasteiger partial charge in [0.05, 0.1) is 6.61 Å². The molecule has 1 aliphatic carbocycles. The first-order valence-electron chi connectivity index (χ1n) is 4.35. The van der Waals surface area contributed by atoms with Crippen molar-refractivity contribution in [2.45, 2.75) is 27.2 Å². The monoisotopic (exact) mass is 185 g/mol. The number of carbonyl (C=O) groups is 2. The highest BCUT2D eigenvalue weighted by molar-refractivity contribution is 6.06. The van der Waals surface area contributed by atoms with E-state index in [1.807, 2.05) is 13.8 Å². The van der Waals surface area contributed by atoms with Gasteiger partial charge in [-0.2, -0.15) is 0 Å². The summed E-state index contributed by atoms with van der Waals surface area (Å²) in [6, 6.07) is 0. The number of ether oxygens (including phenoxy) is 1. The second-order valence-electron chi connectivity index (χ2n) is 4.05. The molecule has 1 aliphatic rings. The second-order valence-corrected chi connectivity index (χ2v) is 4.05. The third-order valence-corrected chi connectivity index (χ3v) is 2.78. The molecule has 1 atom stereocenters. The summed E-state index contributed by atoms with van der Waals surface area (Å²) in [5.41, 5.74) is 3.79. The summed E-state index contributed by atoms with van der Waals surface area (Å²) in [7, 11) is 0. The van der Waals surface area contributed by atoms with E-state index in [-0.39, 0.29) is 12.0 Å². The maximum Gasteiger partial charge on any atom is 0.322 e. The van der Waals surface area contributed by atoms with Gasteiger partial charge in [0.25, 0.3) is 0 Å². The summed E-state index contributed by atoms with van der Waals surface area (Å²) >= 11 is 0. The average Bonchev–Trinajstić information content (AvgIpc) is 2.56. The van der Waals surface area contributed by atoms with E-state index in [1.165, 1.54) is 0 Å². The van der Waals surface area contributed by atoms with Crippen molar-refractivity contribution >= 4 is 11.9 Å². The van der Waals surface area contributed by atoms with Crippen molar-refractivity contribution < 1.29 is 14.3 Å². The number of hydrogen-bond donors (Lipinski definition) is 1. The molecular formula is C9H15NO3. The molecule has 0 radical (unpaired) electrons. The average molecular weight is 185 g/mol. The fourth-order valence-corrected chi connectivity index (χ4v) is 1.74.